The van der Waals surface area contributed by atoms with Crippen LogP contribution < -0.4 is 11.1 Å². The molecule has 0 aliphatic heterocycles. The zero-order chi connectivity index (χ0) is 17.9. The van der Waals surface area contributed by atoms with Crippen molar-refractivity contribution in [2.45, 2.75) is 20.4 Å². The summed E-state index contributed by atoms with van der Waals surface area (Å²) in [6.07, 6.45) is -1.15. The van der Waals surface area contributed by atoms with E-state index < -0.39 is 17.1 Å². The normalized spacial score (nSPS) is 10.7. The minimum Gasteiger partial charge on any atom is -0.330 e. The van der Waals surface area contributed by atoms with E-state index in [1.54, 1.807) is 6.92 Å². The number of nitrogens with one attached hydrogen (secondary N) is 1. The smallest absolute Gasteiger partial charge is 0.330 e. The maximum atomic E-state index is 11.9. The van der Waals surface area contributed by atoms with Crippen molar-refractivity contribution in [1.29, 1.82) is 0 Å². The van der Waals surface area contributed by atoms with Gasteiger partial charge >= 0.3 is 17.1 Å². The van der Waals surface area contributed by atoms with Crippen LogP contribution in [-0.2, 0) is 21.7 Å². The molecule has 1 aromatic carbocycles. The lowest BCUT2D eigenvalue weighted by molar-refractivity contribution is 0.101. The van der Waals surface area contributed by atoms with Crippen LogP contribution in [0, 0.1) is 6.92 Å². The van der Waals surface area contributed by atoms with Crippen molar-refractivity contribution in [2.24, 2.45) is 5.73 Å². The number of amides is 1. The van der Waals surface area contributed by atoms with Crippen LogP contribution >= 0.6 is 11.3 Å². The third-order valence-electron chi connectivity index (χ3n) is 3.32. The molecule has 0 atom stereocenters. The molecule has 0 aliphatic carbocycles. The summed E-state index contributed by atoms with van der Waals surface area (Å²) in [6.45, 7) is 3.57. The van der Waals surface area contributed by atoms with E-state index in [0.717, 1.165) is 16.0 Å². The average Bonchev–Trinajstić information content (AvgIpc) is 2.82. The van der Waals surface area contributed by atoms with Crippen LogP contribution in [0.5, 0.6) is 0 Å². The molecule has 128 valence electrons. The second-order valence-electron chi connectivity index (χ2n) is 4.94. The number of thiol groups is 1. The molecule has 0 unspecified atom stereocenters. The summed E-state index contributed by atoms with van der Waals surface area (Å²) >= 11 is 1.18. The molecule has 0 aliphatic rings. The van der Waals surface area contributed by atoms with Crippen LogP contribution in [0.15, 0.2) is 24.3 Å². The third-order valence-corrected chi connectivity index (χ3v) is 4.89. The first-order valence-corrected chi connectivity index (χ1v) is 8.81. The topological polar surface area (TPSA) is 116 Å². The monoisotopic (exact) mass is 368 g/mol. The highest BCUT2D eigenvalue weighted by Gasteiger charge is 2.21. The number of carbonyl (C=O) groups is 2. The summed E-state index contributed by atoms with van der Waals surface area (Å²) in [4.78, 5) is 24.2. The van der Waals surface area contributed by atoms with Gasteiger partial charge in [0.2, 0.25) is 0 Å². The Morgan fingerprint density at radius 2 is 1.88 bits per heavy atom. The molecule has 0 saturated carbocycles. The van der Waals surface area contributed by atoms with Gasteiger partial charge in [0.25, 0.3) is 0 Å². The van der Waals surface area contributed by atoms with Gasteiger partial charge in [-0.15, -0.1) is 11.3 Å². The number of ketones is 1. The SMILES string of the molecule is CC(=O)c1c(NC(=O)O[SH](=O)=O)sc(-c2ccc(CN)cc2)c1C. The standard InChI is InChI=1S/C15H16N2O5S2/c1-8-12(9(2)18)14(17-15(19)22-24(20)21)23-13(8)11-5-3-10(7-16)4-6-11/h3-6,24H,7,16H2,1-2H3,(H,17,19). The predicted molar refractivity (Wildman–Crippen MR) is 92.8 cm³/mol. The van der Waals surface area contributed by atoms with E-state index in [4.69, 9.17) is 5.73 Å². The molecule has 0 spiro atoms. The maximum Gasteiger partial charge on any atom is 0.427 e. The van der Waals surface area contributed by atoms with Crippen LogP contribution in [0.25, 0.3) is 10.4 Å². The van der Waals surface area contributed by atoms with E-state index in [1.807, 2.05) is 24.3 Å². The molecule has 7 nitrogen and oxygen atoms in total. The second kappa shape index (κ2) is 7.56. The molecular weight excluding hydrogens is 352 g/mol. The molecule has 9 heteroatoms. The van der Waals surface area contributed by atoms with Crippen molar-refractivity contribution in [3.05, 3.63) is 41.0 Å². The summed E-state index contributed by atoms with van der Waals surface area (Å²) in [5.41, 5.74) is 8.45. The highest BCUT2D eigenvalue weighted by Crippen LogP contribution is 2.40. The molecule has 24 heavy (non-hydrogen) atoms. The molecule has 0 saturated heterocycles. The number of rotatable bonds is 5. The molecule has 2 rings (SSSR count). The van der Waals surface area contributed by atoms with Gasteiger partial charge in [0.15, 0.2) is 5.78 Å². The zero-order valence-electron chi connectivity index (χ0n) is 13.0. The first-order chi connectivity index (χ1) is 11.3. The van der Waals surface area contributed by atoms with Crippen LogP contribution in [-0.4, -0.2) is 20.3 Å². The Morgan fingerprint density at radius 1 is 1.25 bits per heavy atom. The summed E-state index contributed by atoms with van der Waals surface area (Å²) < 4.78 is 25.0. The van der Waals surface area contributed by atoms with Crippen molar-refractivity contribution in [1.82, 2.24) is 0 Å². The number of thiophene rings is 1. The van der Waals surface area contributed by atoms with Gasteiger partial charge < -0.3 is 9.92 Å². The quantitative estimate of drug-likeness (QED) is 0.551. The maximum absolute atomic E-state index is 11.9. The van der Waals surface area contributed by atoms with Crippen molar-refractivity contribution < 1.29 is 22.2 Å². The number of anilines is 1. The zero-order valence-corrected chi connectivity index (χ0v) is 14.7. The van der Waals surface area contributed by atoms with E-state index in [1.165, 1.54) is 18.3 Å². The largest absolute Gasteiger partial charge is 0.427 e. The van der Waals surface area contributed by atoms with Crippen LogP contribution in [0.1, 0.15) is 28.4 Å². The predicted octanol–water partition coefficient (Wildman–Crippen LogP) is 2.46. The first-order valence-electron chi connectivity index (χ1n) is 6.90. The van der Waals surface area contributed by atoms with Crippen molar-refractivity contribution in [3.8, 4) is 10.4 Å². The number of carbonyl (C=O) groups excluding carboxylic acids is 2. The van der Waals surface area contributed by atoms with Gasteiger partial charge in [-0.25, -0.2) is 4.79 Å². The molecule has 0 radical (unpaired) electrons. The second-order valence-corrected chi connectivity index (χ2v) is 6.60. The molecule has 1 amide bonds. The highest BCUT2D eigenvalue weighted by atomic mass is 32.2. The Morgan fingerprint density at radius 3 is 2.38 bits per heavy atom. The fraction of sp³-hybridized carbons (Fsp3) is 0.200. The van der Waals surface area contributed by atoms with E-state index in [2.05, 4.69) is 9.50 Å². The van der Waals surface area contributed by atoms with Gasteiger partial charge in [-0.1, -0.05) is 24.3 Å². The van der Waals surface area contributed by atoms with Gasteiger partial charge in [0.1, 0.15) is 5.00 Å². The summed E-state index contributed by atoms with van der Waals surface area (Å²) in [5.74, 6) is -0.240. The number of nitrogens with two attached hydrogens (primary N) is 1. The molecule has 1 heterocycles. The van der Waals surface area contributed by atoms with E-state index >= 15 is 0 Å². The lowest BCUT2D eigenvalue weighted by Gasteiger charge is -2.03. The Balaban J connectivity index is 2.44. The Labute approximate surface area is 144 Å². The van der Waals surface area contributed by atoms with E-state index in [0.29, 0.717) is 17.7 Å². The van der Waals surface area contributed by atoms with Crippen LogP contribution in [0.4, 0.5) is 9.80 Å². The van der Waals surface area contributed by atoms with Crippen molar-refractivity contribution in [3.63, 3.8) is 0 Å². The Bertz CT molecular complexity index is 845. The summed E-state index contributed by atoms with van der Waals surface area (Å²) in [5, 5.41) is 2.56. The Kier molecular flexibility index (Phi) is 5.71. The van der Waals surface area contributed by atoms with Gasteiger partial charge in [0.05, 0.1) is 5.56 Å². The van der Waals surface area contributed by atoms with Crippen molar-refractivity contribution in [2.75, 3.05) is 5.32 Å². The lowest BCUT2D eigenvalue weighted by atomic mass is 10.0. The molecule has 0 bridgehead atoms. The van der Waals surface area contributed by atoms with E-state index in [9.17, 15) is 18.0 Å². The lowest BCUT2D eigenvalue weighted by Crippen LogP contribution is -2.13. The average molecular weight is 368 g/mol. The van der Waals surface area contributed by atoms with Gasteiger partial charge in [-0.05, 0) is 30.5 Å². The molecule has 0 fully saturated rings. The van der Waals surface area contributed by atoms with Gasteiger partial charge in [-0.3, -0.25) is 10.1 Å². The fourth-order valence-electron chi connectivity index (χ4n) is 2.28. The van der Waals surface area contributed by atoms with E-state index in [-0.39, 0.29) is 10.8 Å². The first kappa shape index (κ1) is 18.1. The molecular formula is C15H16N2O5S2. The summed E-state index contributed by atoms with van der Waals surface area (Å²) in [6, 6.07) is 7.51. The summed E-state index contributed by atoms with van der Waals surface area (Å²) in [7, 11) is -3.32. The number of hydrogen-bond acceptors (Lipinski definition) is 7. The Hall–Kier alpha value is -2.23. The molecule has 2 aromatic rings. The molecule has 1 aromatic heterocycles. The third kappa shape index (κ3) is 3.99. The highest BCUT2D eigenvalue weighted by molar-refractivity contribution is 7.67. The molecule has 3 N–H and O–H groups in total. The fourth-order valence-corrected chi connectivity index (χ4v) is 3.70. The minimum atomic E-state index is -3.32. The van der Waals surface area contributed by atoms with Crippen LogP contribution in [0.3, 0.4) is 0 Å². The minimum absolute atomic E-state index is 0.240. The number of benzene rings is 1. The van der Waals surface area contributed by atoms with Crippen molar-refractivity contribution >= 4 is 39.2 Å². The number of Topliss-reactive ketones (excluding diaryl/α,β-unsaturated/α-hetero) is 1. The van der Waals surface area contributed by atoms with Crippen LogP contribution in [0.2, 0.25) is 0 Å². The van der Waals surface area contributed by atoms with Gasteiger partial charge in [-0.2, -0.15) is 8.42 Å². The number of hydrogen-bond donors (Lipinski definition) is 3. The van der Waals surface area contributed by atoms with Gasteiger partial charge in [0, 0.05) is 11.4 Å².